The average Bonchev–Trinajstić information content (AvgIpc) is 2.69. The van der Waals surface area contributed by atoms with Gasteiger partial charge in [0.15, 0.2) is 0 Å². The number of carbonyl (C=O) groups excluding carboxylic acids is 2. The summed E-state index contributed by atoms with van der Waals surface area (Å²) >= 11 is 5.92. The molecule has 0 aliphatic heterocycles. The van der Waals surface area contributed by atoms with Crippen LogP contribution in [0.4, 0.5) is 10.1 Å². The fraction of sp³-hybridized carbons (Fsp3) is 0.0952. The average molecular weight is 398 g/mol. The van der Waals surface area contributed by atoms with E-state index in [0.717, 1.165) is 11.1 Å². The van der Waals surface area contributed by atoms with Gasteiger partial charge in [-0.2, -0.15) is 0 Å². The molecule has 0 aliphatic carbocycles. The summed E-state index contributed by atoms with van der Waals surface area (Å²) in [5.41, 5.74) is 2.61. The first-order chi connectivity index (χ1) is 13.4. The highest BCUT2D eigenvalue weighted by atomic mass is 35.5. The maximum atomic E-state index is 12.9. The summed E-state index contributed by atoms with van der Waals surface area (Å²) in [4.78, 5) is 28.8. The predicted octanol–water partition coefficient (Wildman–Crippen LogP) is 4.36. The molecule has 0 atom stereocenters. The lowest BCUT2D eigenvalue weighted by atomic mass is 10.1. The standard InChI is InChI=1S/C21H17ClFN3O2/c1-13-10-16(22)4-7-18(13)26-21(28)19-11-15(8-9-24-19)20(27)25-12-14-2-5-17(23)6-3-14/h2-11H,12H2,1H3,(H,25,27)(H,26,28). The number of rotatable bonds is 5. The number of nitrogens with one attached hydrogen (secondary N) is 2. The maximum absolute atomic E-state index is 12.9. The Hall–Kier alpha value is -3.25. The second kappa shape index (κ2) is 8.63. The molecule has 1 heterocycles. The highest BCUT2D eigenvalue weighted by molar-refractivity contribution is 6.30. The molecule has 7 heteroatoms. The molecule has 0 unspecified atom stereocenters. The van der Waals surface area contributed by atoms with Gasteiger partial charge in [0.25, 0.3) is 11.8 Å². The van der Waals surface area contributed by atoms with Gasteiger partial charge in [0, 0.05) is 29.0 Å². The van der Waals surface area contributed by atoms with Crippen LogP contribution in [0.1, 0.15) is 32.0 Å². The van der Waals surface area contributed by atoms with Crippen molar-refractivity contribution in [1.29, 1.82) is 0 Å². The molecule has 1 aromatic heterocycles. The zero-order valence-electron chi connectivity index (χ0n) is 15.0. The number of anilines is 1. The Bertz CT molecular complexity index is 1020. The van der Waals surface area contributed by atoms with Crippen molar-refractivity contribution in [3.8, 4) is 0 Å². The van der Waals surface area contributed by atoms with Gasteiger partial charge in [-0.05, 0) is 60.5 Å². The van der Waals surface area contributed by atoms with Gasteiger partial charge in [-0.25, -0.2) is 4.39 Å². The Kier molecular flexibility index (Phi) is 6.01. The van der Waals surface area contributed by atoms with E-state index in [2.05, 4.69) is 15.6 Å². The molecule has 3 aromatic rings. The molecule has 0 radical (unpaired) electrons. The topological polar surface area (TPSA) is 71.1 Å². The van der Waals surface area contributed by atoms with Gasteiger partial charge >= 0.3 is 0 Å². The van der Waals surface area contributed by atoms with Crippen molar-refractivity contribution in [2.24, 2.45) is 0 Å². The van der Waals surface area contributed by atoms with Crippen LogP contribution in [0.3, 0.4) is 0 Å². The lowest BCUT2D eigenvalue weighted by Crippen LogP contribution is -2.23. The third kappa shape index (κ3) is 4.92. The first kappa shape index (κ1) is 19.5. The van der Waals surface area contributed by atoms with Crippen molar-refractivity contribution >= 4 is 29.1 Å². The van der Waals surface area contributed by atoms with E-state index in [9.17, 15) is 14.0 Å². The van der Waals surface area contributed by atoms with Gasteiger partial charge in [-0.1, -0.05) is 23.7 Å². The summed E-state index contributed by atoms with van der Waals surface area (Å²) in [6.45, 7) is 2.07. The summed E-state index contributed by atoms with van der Waals surface area (Å²) in [7, 11) is 0. The predicted molar refractivity (Wildman–Crippen MR) is 106 cm³/mol. The first-order valence-electron chi connectivity index (χ1n) is 8.48. The monoisotopic (exact) mass is 397 g/mol. The zero-order valence-corrected chi connectivity index (χ0v) is 15.8. The highest BCUT2D eigenvalue weighted by Crippen LogP contribution is 2.20. The number of pyridine rings is 1. The van der Waals surface area contributed by atoms with E-state index in [-0.39, 0.29) is 24.0 Å². The quantitative estimate of drug-likeness (QED) is 0.671. The van der Waals surface area contributed by atoms with Crippen LogP contribution in [0.2, 0.25) is 5.02 Å². The van der Waals surface area contributed by atoms with Gasteiger partial charge in [0.05, 0.1) is 0 Å². The number of nitrogens with zero attached hydrogens (tertiary/aromatic N) is 1. The lowest BCUT2D eigenvalue weighted by molar-refractivity contribution is 0.0951. The van der Waals surface area contributed by atoms with Crippen LogP contribution in [0.5, 0.6) is 0 Å². The SMILES string of the molecule is Cc1cc(Cl)ccc1NC(=O)c1cc(C(=O)NCc2ccc(F)cc2)ccn1. The first-order valence-corrected chi connectivity index (χ1v) is 8.86. The van der Waals surface area contributed by atoms with Gasteiger partial charge < -0.3 is 10.6 Å². The Balaban J connectivity index is 1.67. The molecule has 3 rings (SSSR count). The molecule has 5 nitrogen and oxygen atoms in total. The molecule has 0 spiro atoms. The van der Waals surface area contributed by atoms with E-state index in [1.165, 1.54) is 30.5 Å². The van der Waals surface area contributed by atoms with Gasteiger partial charge in [-0.15, -0.1) is 0 Å². The number of aryl methyl sites for hydroxylation is 1. The van der Waals surface area contributed by atoms with Crippen molar-refractivity contribution in [3.63, 3.8) is 0 Å². The summed E-state index contributed by atoms with van der Waals surface area (Å²) in [6.07, 6.45) is 1.40. The number of benzene rings is 2. The van der Waals surface area contributed by atoms with Crippen LogP contribution in [-0.4, -0.2) is 16.8 Å². The van der Waals surface area contributed by atoms with E-state index < -0.39 is 5.91 Å². The lowest BCUT2D eigenvalue weighted by Gasteiger charge is -2.09. The smallest absolute Gasteiger partial charge is 0.274 e. The fourth-order valence-corrected chi connectivity index (χ4v) is 2.76. The minimum Gasteiger partial charge on any atom is -0.348 e. The molecule has 0 bridgehead atoms. The summed E-state index contributed by atoms with van der Waals surface area (Å²) in [6, 6.07) is 13.9. The van der Waals surface area contributed by atoms with Crippen molar-refractivity contribution in [2.45, 2.75) is 13.5 Å². The minimum atomic E-state index is -0.432. The van der Waals surface area contributed by atoms with Crippen LogP contribution in [0.15, 0.2) is 60.8 Å². The number of hydrogen-bond donors (Lipinski definition) is 2. The Labute approximate surface area is 166 Å². The third-order valence-corrected chi connectivity index (χ3v) is 4.29. The minimum absolute atomic E-state index is 0.115. The van der Waals surface area contributed by atoms with Crippen molar-refractivity contribution < 1.29 is 14.0 Å². The molecule has 0 aliphatic rings. The third-order valence-electron chi connectivity index (χ3n) is 4.06. The van der Waals surface area contributed by atoms with E-state index >= 15 is 0 Å². The molecule has 2 N–H and O–H groups in total. The molecule has 0 saturated carbocycles. The van der Waals surface area contributed by atoms with Crippen LogP contribution < -0.4 is 10.6 Å². The van der Waals surface area contributed by atoms with Crippen LogP contribution in [0, 0.1) is 12.7 Å². The number of carbonyl (C=O) groups is 2. The molecular weight excluding hydrogens is 381 g/mol. The van der Waals surface area contributed by atoms with Crippen molar-refractivity contribution in [1.82, 2.24) is 10.3 Å². The van der Waals surface area contributed by atoms with Crippen LogP contribution in [-0.2, 0) is 6.54 Å². The Morgan fingerprint density at radius 3 is 2.50 bits per heavy atom. The second-order valence-electron chi connectivity index (χ2n) is 6.15. The summed E-state index contributed by atoms with van der Waals surface area (Å²) < 4.78 is 12.9. The number of hydrogen-bond acceptors (Lipinski definition) is 3. The molecule has 142 valence electrons. The zero-order chi connectivity index (χ0) is 20.1. The fourth-order valence-electron chi connectivity index (χ4n) is 2.54. The largest absolute Gasteiger partial charge is 0.348 e. The maximum Gasteiger partial charge on any atom is 0.274 e. The van der Waals surface area contributed by atoms with E-state index in [1.807, 2.05) is 6.92 Å². The second-order valence-corrected chi connectivity index (χ2v) is 6.59. The van der Waals surface area contributed by atoms with Gasteiger partial charge in [0.2, 0.25) is 0 Å². The normalized spacial score (nSPS) is 10.4. The van der Waals surface area contributed by atoms with Crippen LogP contribution in [0.25, 0.3) is 0 Å². The summed E-state index contributed by atoms with van der Waals surface area (Å²) in [5, 5.41) is 6.06. The molecular formula is C21H17ClFN3O2. The summed E-state index contributed by atoms with van der Waals surface area (Å²) in [5.74, 6) is -1.13. The molecule has 0 fully saturated rings. The van der Waals surface area contributed by atoms with E-state index in [1.54, 1.807) is 30.3 Å². The number of aromatic nitrogens is 1. The van der Waals surface area contributed by atoms with Gasteiger partial charge in [-0.3, -0.25) is 14.6 Å². The van der Waals surface area contributed by atoms with Crippen LogP contribution >= 0.6 is 11.6 Å². The molecule has 0 saturated heterocycles. The molecule has 2 aromatic carbocycles. The van der Waals surface area contributed by atoms with Gasteiger partial charge in [0.1, 0.15) is 11.5 Å². The molecule has 2 amide bonds. The Morgan fingerprint density at radius 2 is 1.79 bits per heavy atom. The molecule has 28 heavy (non-hydrogen) atoms. The Morgan fingerprint density at radius 1 is 1.04 bits per heavy atom. The number of amides is 2. The highest BCUT2D eigenvalue weighted by Gasteiger charge is 2.13. The van der Waals surface area contributed by atoms with E-state index in [0.29, 0.717) is 16.3 Å². The number of halogens is 2. The van der Waals surface area contributed by atoms with Crippen molar-refractivity contribution in [3.05, 3.63) is 94.0 Å². The van der Waals surface area contributed by atoms with E-state index in [4.69, 9.17) is 11.6 Å². The van der Waals surface area contributed by atoms with Crippen molar-refractivity contribution in [2.75, 3.05) is 5.32 Å².